The number of ether oxygens (including phenoxy) is 3. The smallest absolute Gasteiger partial charge is 0.256 e. The number of carbonyl (C=O) groups excluding carboxylic acids is 2. The number of hydrogen-bond donors (Lipinski definition) is 2. The molecule has 0 bridgehead atoms. The van der Waals surface area contributed by atoms with Crippen LogP contribution in [0.3, 0.4) is 0 Å². The number of nitrogens with one attached hydrogen (secondary N) is 2. The molecule has 0 saturated heterocycles. The van der Waals surface area contributed by atoms with Crippen molar-refractivity contribution in [3.05, 3.63) is 130 Å². The number of methoxy groups -OCH3 is 1. The topological polar surface area (TPSA) is 89.1 Å². The van der Waals surface area contributed by atoms with Crippen LogP contribution in [0.25, 0.3) is 6.08 Å². The Bertz CT molecular complexity index is 1850. The van der Waals surface area contributed by atoms with Gasteiger partial charge in [0.1, 0.15) is 18.0 Å². The van der Waals surface area contributed by atoms with Crippen LogP contribution in [0, 0.1) is 11.2 Å². The van der Waals surface area contributed by atoms with Gasteiger partial charge in [-0.15, -0.1) is 0 Å². The van der Waals surface area contributed by atoms with E-state index in [1.807, 2.05) is 63.2 Å². The van der Waals surface area contributed by atoms with Crippen LogP contribution in [0.2, 0.25) is 5.02 Å². The van der Waals surface area contributed by atoms with E-state index in [4.69, 9.17) is 25.8 Å². The monoisotopic (exact) mass is 727 g/mol. The SMILES string of the molecule is COc1c(OCCCNCC=Cc2ccccc2)cccc1C1OC(CC(=O)NCc2ccccc2F)C(=O)N(CC(C)(C)C)c2ccc(Cl)cc21. The molecule has 0 aliphatic carbocycles. The Hall–Kier alpha value is -4.70. The lowest BCUT2D eigenvalue weighted by molar-refractivity contribution is -0.138. The summed E-state index contributed by atoms with van der Waals surface area (Å²) in [6.45, 7) is 8.38. The predicted molar refractivity (Wildman–Crippen MR) is 204 cm³/mol. The van der Waals surface area contributed by atoms with Crippen molar-refractivity contribution in [1.82, 2.24) is 10.6 Å². The number of fused-ring (bicyclic) bond motifs is 1. The minimum atomic E-state index is -1.17. The van der Waals surface area contributed by atoms with Crippen molar-refractivity contribution < 1.29 is 28.2 Å². The maximum Gasteiger partial charge on any atom is 0.256 e. The summed E-state index contributed by atoms with van der Waals surface area (Å²) in [5.74, 6) is -0.253. The van der Waals surface area contributed by atoms with Crippen LogP contribution in [0.5, 0.6) is 11.5 Å². The van der Waals surface area contributed by atoms with Crippen molar-refractivity contribution in [2.45, 2.75) is 52.4 Å². The number of anilines is 1. The van der Waals surface area contributed by atoms with E-state index in [2.05, 4.69) is 34.9 Å². The Morgan fingerprint density at radius 2 is 1.77 bits per heavy atom. The molecule has 10 heteroatoms. The molecule has 0 fully saturated rings. The molecular weight excluding hydrogens is 681 g/mol. The minimum Gasteiger partial charge on any atom is -0.492 e. The Labute approximate surface area is 310 Å². The molecule has 0 aromatic heterocycles. The number of benzene rings is 4. The van der Waals surface area contributed by atoms with Crippen molar-refractivity contribution in [2.75, 3.05) is 38.3 Å². The van der Waals surface area contributed by atoms with E-state index in [9.17, 15) is 14.0 Å². The molecule has 1 aliphatic rings. The van der Waals surface area contributed by atoms with Gasteiger partial charge in [0.05, 0.1) is 20.1 Å². The van der Waals surface area contributed by atoms with Gasteiger partial charge in [0, 0.05) is 47.0 Å². The molecule has 5 rings (SSSR count). The number of carbonyl (C=O) groups is 2. The first kappa shape index (κ1) is 38.5. The van der Waals surface area contributed by atoms with E-state index in [0.717, 1.165) is 25.1 Å². The average molecular weight is 728 g/mol. The number of para-hydroxylation sites is 1. The number of hydrogen-bond acceptors (Lipinski definition) is 6. The predicted octanol–water partition coefficient (Wildman–Crippen LogP) is 8.13. The Balaban J connectivity index is 1.36. The normalized spacial score (nSPS) is 16.0. The summed E-state index contributed by atoms with van der Waals surface area (Å²) >= 11 is 6.58. The molecule has 4 aromatic carbocycles. The highest BCUT2D eigenvalue weighted by atomic mass is 35.5. The molecule has 0 saturated carbocycles. The lowest BCUT2D eigenvalue weighted by atomic mass is 9.94. The van der Waals surface area contributed by atoms with Gasteiger partial charge in [-0.2, -0.15) is 0 Å². The first-order valence-corrected chi connectivity index (χ1v) is 17.9. The van der Waals surface area contributed by atoms with Gasteiger partial charge < -0.3 is 29.7 Å². The third kappa shape index (κ3) is 10.4. The summed E-state index contributed by atoms with van der Waals surface area (Å²) in [6.07, 6.45) is 2.63. The Morgan fingerprint density at radius 3 is 2.52 bits per heavy atom. The van der Waals surface area contributed by atoms with Gasteiger partial charge in [0.25, 0.3) is 5.91 Å². The van der Waals surface area contributed by atoms with E-state index in [-0.39, 0.29) is 24.3 Å². The molecule has 1 heterocycles. The van der Waals surface area contributed by atoms with Gasteiger partial charge in [-0.1, -0.05) is 105 Å². The average Bonchev–Trinajstić information content (AvgIpc) is 3.22. The largest absolute Gasteiger partial charge is 0.492 e. The summed E-state index contributed by atoms with van der Waals surface area (Å²) in [7, 11) is 1.56. The van der Waals surface area contributed by atoms with Crippen molar-refractivity contribution in [3.8, 4) is 11.5 Å². The maximum atomic E-state index is 14.3. The van der Waals surface area contributed by atoms with Crippen molar-refractivity contribution in [2.24, 2.45) is 5.41 Å². The highest BCUT2D eigenvalue weighted by Crippen LogP contribution is 2.45. The summed E-state index contributed by atoms with van der Waals surface area (Å²) in [5.41, 5.74) is 3.11. The number of rotatable bonds is 15. The van der Waals surface area contributed by atoms with E-state index in [1.54, 1.807) is 42.3 Å². The molecule has 2 amide bonds. The van der Waals surface area contributed by atoms with Crippen molar-refractivity contribution in [3.63, 3.8) is 0 Å². The molecule has 8 nitrogen and oxygen atoms in total. The van der Waals surface area contributed by atoms with Crippen molar-refractivity contribution >= 4 is 35.2 Å². The summed E-state index contributed by atoms with van der Waals surface area (Å²) in [5, 5.41) is 6.63. The molecule has 274 valence electrons. The van der Waals surface area contributed by atoms with Crippen molar-refractivity contribution in [1.29, 1.82) is 0 Å². The van der Waals surface area contributed by atoms with E-state index < -0.39 is 23.9 Å². The molecular formula is C42H47ClFN3O5. The van der Waals surface area contributed by atoms with Crippen LogP contribution in [-0.4, -0.2) is 51.3 Å². The third-order valence-electron chi connectivity index (χ3n) is 8.47. The maximum absolute atomic E-state index is 14.3. The quantitative estimate of drug-likeness (QED) is 0.120. The second-order valence-electron chi connectivity index (χ2n) is 13.9. The number of halogens is 2. The van der Waals surface area contributed by atoms with E-state index >= 15 is 0 Å². The molecule has 2 atom stereocenters. The standard InChI is InChI=1S/C42H47ClFN3O5/c1-42(2,3)28-47-35-21-20-31(43)25-33(35)39(52-37(41(47)49)26-38(48)46-27-30-16-8-9-18-34(30)44)32-17-10-19-36(40(32)50-4)51-24-12-23-45-22-11-15-29-13-6-5-7-14-29/h5-11,13-21,25,37,39,45H,12,22-24,26-28H2,1-4H3,(H,46,48). The number of nitrogens with zero attached hydrogens (tertiary/aromatic N) is 1. The summed E-state index contributed by atoms with van der Waals surface area (Å²) < 4.78 is 33.1. The van der Waals surface area contributed by atoms with Gasteiger partial charge in [-0.25, -0.2) is 4.39 Å². The molecule has 1 aliphatic heterocycles. The van der Waals surface area contributed by atoms with Crippen LogP contribution in [-0.2, 0) is 20.9 Å². The fourth-order valence-corrected chi connectivity index (χ4v) is 6.24. The number of amides is 2. The van der Waals surface area contributed by atoms with Crippen LogP contribution >= 0.6 is 11.6 Å². The van der Waals surface area contributed by atoms with Gasteiger partial charge >= 0.3 is 0 Å². The Morgan fingerprint density at radius 1 is 1.00 bits per heavy atom. The highest BCUT2D eigenvalue weighted by molar-refractivity contribution is 6.30. The zero-order valence-corrected chi connectivity index (χ0v) is 30.9. The fourth-order valence-electron chi connectivity index (χ4n) is 6.05. The third-order valence-corrected chi connectivity index (χ3v) is 8.70. The minimum absolute atomic E-state index is 0.0233. The van der Waals surface area contributed by atoms with Gasteiger partial charge in [0.15, 0.2) is 11.5 Å². The molecule has 0 spiro atoms. The zero-order chi connectivity index (χ0) is 37.1. The molecule has 4 aromatic rings. The second kappa shape index (κ2) is 18.2. The molecule has 0 radical (unpaired) electrons. The summed E-state index contributed by atoms with van der Waals surface area (Å²) in [4.78, 5) is 29.3. The lowest BCUT2D eigenvalue weighted by Gasteiger charge is -2.31. The van der Waals surface area contributed by atoms with E-state index in [1.165, 1.54) is 6.07 Å². The zero-order valence-electron chi connectivity index (χ0n) is 30.2. The molecule has 2 N–H and O–H groups in total. The molecule has 2 unspecified atom stereocenters. The van der Waals surface area contributed by atoms with Crippen LogP contribution < -0.4 is 25.0 Å². The van der Waals surface area contributed by atoms with Crippen LogP contribution in [0.1, 0.15) is 62.0 Å². The fraction of sp³-hybridized carbons (Fsp3) is 0.333. The highest BCUT2D eigenvalue weighted by Gasteiger charge is 2.40. The van der Waals surface area contributed by atoms with Crippen LogP contribution in [0.4, 0.5) is 10.1 Å². The first-order chi connectivity index (χ1) is 25.0. The van der Waals surface area contributed by atoms with E-state index in [0.29, 0.717) is 52.1 Å². The van der Waals surface area contributed by atoms with Gasteiger partial charge in [0.2, 0.25) is 5.91 Å². The molecule has 52 heavy (non-hydrogen) atoms. The van der Waals surface area contributed by atoms with Crippen LogP contribution in [0.15, 0.2) is 97.1 Å². The first-order valence-electron chi connectivity index (χ1n) is 17.5. The van der Waals surface area contributed by atoms with Gasteiger partial charge in [-0.3, -0.25) is 9.59 Å². The Kier molecular flexibility index (Phi) is 13.5. The second-order valence-corrected chi connectivity index (χ2v) is 14.3. The lowest BCUT2D eigenvalue weighted by Crippen LogP contribution is -2.45. The summed E-state index contributed by atoms with van der Waals surface area (Å²) in [6, 6.07) is 27.3. The van der Waals surface area contributed by atoms with Gasteiger partial charge in [-0.05, 0) is 54.3 Å².